The normalized spacial score (nSPS) is 14.4. The fraction of sp³-hybridized carbons (Fsp3) is 0.818. The van der Waals surface area contributed by atoms with Crippen LogP contribution >= 0.6 is 0 Å². The lowest BCUT2D eigenvalue weighted by atomic mass is 10.1. The molecule has 16 heavy (non-hydrogen) atoms. The molecule has 0 spiro atoms. The van der Waals surface area contributed by atoms with Gasteiger partial charge in [-0.1, -0.05) is 19.0 Å². The third-order valence-electron chi connectivity index (χ3n) is 2.49. The van der Waals surface area contributed by atoms with Gasteiger partial charge in [0, 0.05) is 6.61 Å². The van der Waals surface area contributed by atoms with E-state index in [1.807, 2.05) is 34.6 Å². The van der Waals surface area contributed by atoms with E-state index in [-0.39, 0.29) is 12.0 Å². The van der Waals surface area contributed by atoms with E-state index < -0.39 is 5.60 Å². The molecule has 1 rings (SSSR count). The number of nitrogens with zero attached hydrogens (tertiary/aromatic N) is 2. The number of hydrogen-bond donors (Lipinski definition) is 1. The van der Waals surface area contributed by atoms with Crippen LogP contribution in [0.5, 0.6) is 0 Å². The summed E-state index contributed by atoms with van der Waals surface area (Å²) in [4.78, 5) is 4.29. The highest BCUT2D eigenvalue weighted by Gasteiger charge is 2.28. The maximum absolute atomic E-state index is 5.93. The van der Waals surface area contributed by atoms with E-state index in [1.54, 1.807) is 0 Å². The van der Waals surface area contributed by atoms with Crippen molar-refractivity contribution in [3.63, 3.8) is 0 Å². The zero-order valence-corrected chi connectivity index (χ0v) is 10.7. The summed E-state index contributed by atoms with van der Waals surface area (Å²) in [6, 6.07) is -0.223. The number of rotatable bonds is 5. The number of aromatic nitrogens is 2. The summed E-state index contributed by atoms with van der Waals surface area (Å²) in [5.74, 6) is 1.28. The van der Waals surface area contributed by atoms with Crippen molar-refractivity contribution in [2.45, 2.75) is 46.3 Å². The van der Waals surface area contributed by atoms with Crippen molar-refractivity contribution in [3.05, 3.63) is 11.7 Å². The second-order valence-corrected chi connectivity index (χ2v) is 4.67. The van der Waals surface area contributed by atoms with Crippen molar-refractivity contribution in [2.75, 3.05) is 6.61 Å². The Balaban J connectivity index is 2.86. The topological polar surface area (TPSA) is 74.2 Å². The van der Waals surface area contributed by atoms with Crippen LogP contribution in [0, 0.1) is 5.92 Å². The first-order valence-corrected chi connectivity index (χ1v) is 5.62. The molecular formula is C11H21N3O2. The van der Waals surface area contributed by atoms with E-state index in [1.165, 1.54) is 0 Å². The van der Waals surface area contributed by atoms with Crippen LogP contribution in [0.2, 0.25) is 0 Å². The number of ether oxygens (including phenoxy) is 1. The van der Waals surface area contributed by atoms with Gasteiger partial charge in [0.1, 0.15) is 5.60 Å². The molecule has 0 fully saturated rings. The van der Waals surface area contributed by atoms with Crippen LogP contribution < -0.4 is 5.73 Å². The molecule has 0 saturated heterocycles. The van der Waals surface area contributed by atoms with Gasteiger partial charge in [0.15, 0.2) is 0 Å². The first kappa shape index (κ1) is 13.1. The summed E-state index contributed by atoms with van der Waals surface area (Å²) in [6.45, 7) is 10.4. The van der Waals surface area contributed by atoms with Crippen molar-refractivity contribution in [1.29, 1.82) is 0 Å². The van der Waals surface area contributed by atoms with E-state index in [2.05, 4.69) is 10.1 Å². The predicted octanol–water partition coefficient (Wildman–Crippen LogP) is 2.00. The van der Waals surface area contributed by atoms with Gasteiger partial charge in [-0.2, -0.15) is 4.98 Å². The van der Waals surface area contributed by atoms with E-state index in [0.29, 0.717) is 18.3 Å². The molecule has 1 atom stereocenters. The highest BCUT2D eigenvalue weighted by Crippen LogP contribution is 2.24. The largest absolute Gasteiger partial charge is 0.368 e. The summed E-state index contributed by atoms with van der Waals surface area (Å²) >= 11 is 0. The molecule has 0 radical (unpaired) electrons. The molecule has 0 saturated carbocycles. The van der Waals surface area contributed by atoms with Gasteiger partial charge in [-0.25, -0.2) is 0 Å². The van der Waals surface area contributed by atoms with Crippen LogP contribution in [0.25, 0.3) is 0 Å². The Labute approximate surface area is 96.4 Å². The van der Waals surface area contributed by atoms with E-state index in [4.69, 9.17) is 15.0 Å². The molecule has 1 aromatic rings. The van der Waals surface area contributed by atoms with Crippen molar-refractivity contribution in [2.24, 2.45) is 11.7 Å². The van der Waals surface area contributed by atoms with Gasteiger partial charge < -0.3 is 15.0 Å². The Morgan fingerprint density at radius 1 is 1.44 bits per heavy atom. The lowest BCUT2D eigenvalue weighted by molar-refractivity contribution is -0.0221. The van der Waals surface area contributed by atoms with Crippen LogP contribution in [-0.2, 0) is 10.3 Å². The average molecular weight is 227 g/mol. The molecule has 1 aromatic heterocycles. The lowest BCUT2D eigenvalue weighted by Gasteiger charge is -2.19. The molecule has 0 aliphatic carbocycles. The quantitative estimate of drug-likeness (QED) is 0.832. The van der Waals surface area contributed by atoms with Gasteiger partial charge >= 0.3 is 0 Å². The van der Waals surface area contributed by atoms with E-state index >= 15 is 0 Å². The zero-order chi connectivity index (χ0) is 12.3. The molecule has 0 unspecified atom stereocenters. The minimum Gasteiger partial charge on any atom is -0.368 e. The van der Waals surface area contributed by atoms with Crippen LogP contribution in [0.15, 0.2) is 4.52 Å². The minimum absolute atomic E-state index is 0.223. The van der Waals surface area contributed by atoms with Crippen LogP contribution in [-0.4, -0.2) is 16.7 Å². The second kappa shape index (κ2) is 4.93. The maximum atomic E-state index is 5.93. The summed E-state index contributed by atoms with van der Waals surface area (Å²) in [7, 11) is 0. The van der Waals surface area contributed by atoms with Gasteiger partial charge in [-0.05, 0) is 26.7 Å². The first-order valence-electron chi connectivity index (χ1n) is 5.62. The summed E-state index contributed by atoms with van der Waals surface area (Å²) in [6.07, 6.45) is 0. The maximum Gasteiger partial charge on any atom is 0.243 e. The van der Waals surface area contributed by atoms with Crippen molar-refractivity contribution >= 4 is 0 Å². The van der Waals surface area contributed by atoms with E-state index in [9.17, 15) is 0 Å². The Bertz CT molecular complexity index is 334. The Morgan fingerprint density at radius 3 is 2.56 bits per heavy atom. The average Bonchev–Trinajstić information content (AvgIpc) is 2.65. The SMILES string of the molecule is CCOC(C)(C)c1noc([C@H](N)C(C)C)n1. The number of hydrogen-bond acceptors (Lipinski definition) is 5. The standard InChI is InChI=1S/C11H21N3O2/c1-6-15-11(4,5)10-13-9(16-14-10)8(12)7(2)3/h7-8H,6,12H2,1-5H3/t8-/m1/s1. The third kappa shape index (κ3) is 2.80. The van der Waals surface area contributed by atoms with Gasteiger partial charge in [0.25, 0.3) is 0 Å². The van der Waals surface area contributed by atoms with Gasteiger partial charge in [0.2, 0.25) is 11.7 Å². The zero-order valence-electron chi connectivity index (χ0n) is 10.7. The summed E-state index contributed by atoms with van der Waals surface area (Å²) < 4.78 is 10.7. The Kier molecular flexibility index (Phi) is 4.04. The molecule has 92 valence electrons. The highest BCUT2D eigenvalue weighted by molar-refractivity contribution is 5.00. The summed E-state index contributed by atoms with van der Waals surface area (Å²) in [5, 5.41) is 3.92. The molecule has 0 bridgehead atoms. The molecule has 2 N–H and O–H groups in total. The summed E-state index contributed by atoms with van der Waals surface area (Å²) in [5.41, 5.74) is 5.40. The van der Waals surface area contributed by atoms with Crippen molar-refractivity contribution in [1.82, 2.24) is 10.1 Å². The van der Waals surface area contributed by atoms with Gasteiger partial charge in [-0.15, -0.1) is 0 Å². The van der Waals surface area contributed by atoms with Crippen molar-refractivity contribution in [3.8, 4) is 0 Å². The second-order valence-electron chi connectivity index (χ2n) is 4.67. The molecule has 5 heteroatoms. The molecule has 5 nitrogen and oxygen atoms in total. The fourth-order valence-corrected chi connectivity index (χ4v) is 1.33. The molecule has 0 aliphatic rings. The predicted molar refractivity (Wildman–Crippen MR) is 60.7 cm³/mol. The molecule has 0 aliphatic heterocycles. The minimum atomic E-state index is -0.535. The molecule has 1 heterocycles. The van der Waals surface area contributed by atoms with Gasteiger partial charge in [-0.3, -0.25) is 0 Å². The van der Waals surface area contributed by atoms with Crippen molar-refractivity contribution < 1.29 is 9.26 Å². The van der Waals surface area contributed by atoms with Crippen LogP contribution in [0.3, 0.4) is 0 Å². The Hall–Kier alpha value is -0.940. The first-order chi connectivity index (χ1) is 7.38. The van der Waals surface area contributed by atoms with E-state index in [0.717, 1.165) is 0 Å². The lowest BCUT2D eigenvalue weighted by Crippen LogP contribution is -2.24. The van der Waals surface area contributed by atoms with Crippen LogP contribution in [0.4, 0.5) is 0 Å². The number of nitrogens with two attached hydrogens (primary N) is 1. The fourth-order valence-electron chi connectivity index (χ4n) is 1.33. The molecule has 0 aromatic carbocycles. The monoisotopic (exact) mass is 227 g/mol. The molecular weight excluding hydrogens is 206 g/mol. The van der Waals surface area contributed by atoms with Crippen LogP contribution in [0.1, 0.15) is 52.4 Å². The van der Waals surface area contributed by atoms with Gasteiger partial charge in [0.05, 0.1) is 6.04 Å². The smallest absolute Gasteiger partial charge is 0.243 e. The highest BCUT2D eigenvalue weighted by atomic mass is 16.5. The molecule has 0 amide bonds. The third-order valence-corrected chi connectivity index (χ3v) is 2.49. The Morgan fingerprint density at radius 2 is 2.06 bits per heavy atom.